The highest BCUT2D eigenvalue weighted by atomic mass is 16.5. The van der Waals surface area contributed by atoms with E-state index in [1.54, 1.807) is 6.26 Å². The van der Waals surface area contributed by atoms with Gasteiger partial charge in [-0.1, -0.05) is 25.1 Å². The second-order valence-corrected chi connectivity index (χ2v) is 5.70. The number of rotatable bonds is 4. The molecule has 3 rings (SSSR count). The van der Waals surface area contributed by atoms with Crippen LogP contribution in [-0.4, -0.2) is 42.5 Å². The summed E-state index contributed by atoms with van der Waals surface area (Å²) in [6.07, 6.45) is 2.76. The van der Waals surface area contributed by atoms with E-state index in [4.69, 9.17) is 9.15 Å². The molecule has 2 heterocycles. The summed E-state index contributed by atoms with van der Waals surface area (Å²) in [6, 6.07) is 7.99. The van der Waals surface area contributed by atoms with Gasteiger partial charge in [-0.3, -0.25) is 9.69 Å². The predicted octanol–water partition coefficient (Wildman–Crippen LogP) is 3.11. The molecule has 1 aromatic heterocycles. The Kier molecular flexibility index (Phi) is 4.08. The monoisotopic (exact) mass is 287 g/mol. The van der Waals surface area contributed by atoms with Crippen molar-refractivity contribution >= 4 is 16.8 Å². The Morgan fingerprint density at radius 1 is 1.38 bits per heavy atom. The van der Waals surface area contributed by atoms with Gasteiger partial charge in [0, 0.05) is 18.0 Å². The standard InChI is InChI=1S/C17H21NO3/c1-3-13-10-20-12(2)8-18(13)9-16(19)15-11-21-17-7-5-4-6-14(15)17/h4-7,11-13H,3,8-10H2,1-2H3. The molecule has 0 amide bonds. The van der Waals surface area contributed by atoms with E-state index in [0.717, 1.165) is 23.9 Å². The molecule has 21 heavy (non-hydrogen) atoms. The lowest BCUT2D eigenvalue weighted by Gasteiger charge is -2.37. The van der Waals surface area contributed by atoms with Crippen molar-refractivity contribution in [1.82, 2.24) is 4.90 Å². The summed E-state index contributed by atoms with van der Waals surface area (Å²) in [7, 11) is 0. The summed E-state index contributed by atoms with van der Waals surface area (Å²) in [5.74, 6) is 0.118. The summed E-state index contributed by atoms with van der Waals surface area (Å²) in [5.41, 5.74) is 1.45. The highest BCUT2D eigenvalue weighted by molar-refractivity contribution is 6.08. The van der Waals surface area contributed by atoms with E-state index >= 15 is 0 Å². The van der Waals surface area contributed by atoms with Crippen LogP contribution in [0.5, 0.6) is 0 Å². The third-order valence-electron chi connectivity index (χ3n) is 4.18. The highest BCUT2D eigenvalue weighted by Gasteiger charge is 2.28. The fraction of sp³-hybridized carbons (Fsp3) is 0.471. The quantitative estimate of drug-likeness (QED) is 0.810. The van der Waals surface area contributed by atoms with Crippen LogP contribution >= 0.6 is 0 Å². The fourth-order valence-electron chi connectivity index (χ4n) is 2.95. The van der Waals surface area contributed by atoms with E-state index in [0.29, 0.717) is 24.8 Å². The lowest BCUT2D eigenvalue weighted by Crippen LogP contribution is -2.50. The smallest absolute Gasteiger partial charge is 0.180 e. The minimum Gasteiger partial charge on any atom is -0.464 e. The van der Waals surface area contributed by atoms with Gasteiger partial charge in [0.25, 0.3) is 0 Å². The Morgan fingerprint density at radius 3 is 3.00 bits per heavy atom. The van der Waals surface area contributed by atoms with Gasteiger partial charge in [0.2, 0.25) is 0 Å². The first kappa shape index (κ1) is 14.3. The van der Waals surface area contributed by atoms with Crippen molar-refractivity contribution in [2.45, 2.75) is 32.4 Å². The Morgan fingerprint density at radius 2 is 2.19 bits per heavy atom. The molecule has 0 N–H and O–H groups in total. The van der Waals surface area contributed by atoms with Gasteiger partial charge in [0.05, 0.1) is 24.8 Å². The first-order valence-corrected chi connectivity index (χ1v) is 7.54. The molecule has 2 atom stereocenters. The lowest BCUT2D eigenvalue weighted by atomic mass is 10.1. The first-order valence-electron chi connectivity index (χ1n) is 7.54. The summed E-state index contributed by atoms with van der Waals surface area (Å²) < 4.78 is 11.2. The number of hydrogen-bond donors (Lipinski definition) is 0. The van der Waals surface area contributed by atoms with E-state index in [-0.39, 0.29) is 11.9 Å². The molecule has 2 aromatic rings. The van der Waals surface area contributed by atoms with E-state index in [1.165, 1.54) is 0 Å². The molecule has 0 radical (unpaired) electrons. The van der Waals surface area contributed by atoms with Gasteiger partial charge in [-0.15, -0.1) is 0 Å². The van der Waals surface area contributed by atoms with Crippen molar-refractivity contribution in [3.05, 3.63) is 36.1 Å². The van der Waals surface area contributed by atoms with Crippen molar-refractivity contribution in [1.29, 1.82) is 0 Å². The molecule has 0 spiro atoms. The number of hydrogen-bond acceptors (Lipinski definition) is 4. The number of ether oxygens (including phenoxy) is 1. The molecular formula is C17H21NO3. The third-order valence-corrected chi connectivity index (χ3v) is 4.18. The minimum atomic E-state index is 0.118. The number of ketones is 1. The number of carbonyl (C=O) groups excluding carboxylic acids is 1. The molecular weight excluding hydrogens is 266 g/mol. The minimum absolute atomic E-state index is 0.118. The molecule has 0 bridgehead atoms. The van der Waals surface area contributed by atoms with Gasteiger partial charge in [-0.25, -0.2) is 0 Å². The Hall–Kier alpha value is -1.65. The second-order valence-electron chi connectivity index (χ2n) is 5.70. The maximum absolute atomic E-state index is 12.6. The van der Waals surface area contributed by atoms with E-state index in [2.05, 4.69) is 18.7 Å². The average molecular weight is 287 g/mol. The number of carbonyl (C=O) groups is 1. The zero-order chi connectivity index (χ0) is 14.8. The zero-order valence-corrected chi connectivity index (χ0v) is 12.5. The molecule has 0 saturated carbocycles. The molecule has 2 unspecified atom stereocenters. The van der Waals surface area contributed by atoms with Crippen LogP contribution in [0.25, 0.3) is 11.0 Å². The molecule has 0 aliphatic carbocycles. The van der Waals surface area contributed by atoms with Crippen LogP contribution in [-0.2, 0) is 4.74 Å². The lowest BCUT2D eigenvalue weighted by molar-refractivity contribution is -0.0523. The number of para-hydroxylation sites is 1. The average Bonchev–Trinajstić information content (AvgIpc) is 2.91. The summed E-state index contributed by atoms with van der Waals surface area (Å²) in [4.78, 5) is 14.8. The van der Waals surface area contributed by atoms with Crippen LogP contribution in [0.15, 0.2) is 34.9 Å². The van der Waals surface area contributed by atoms with Gasteiger partial charge in [-0.05, 0) is 19.4 Å². The maximum atomic E-state index is 12.6. The molecule has 1 fully saturated rings. The fourth-order valence-corrected chi connectivity index (χ4v) is 2.95. The van der Waals surface area contributed by atoms with Crippen molar-refractivity contribution < 1.29 is 13.9 Å². The normalized spacial score (nSPS) is 23.5. The van der Waals surface area contributed by atoms with Gasteiger partial charge < -0.3 is 9.15 Å². The Bertz CT molecular complexity index is 634. The SMILES string of the molecule is CCC1COC(C)CN1CC(=O)c1coc2ccccc12. The van der Waals surface area contributed by atoms with Crippen molar-refractivity contribution in [3.8, 4) is 0 Å². The van der Waals surface area contributed by atoms with Gasteiger partial charge in [0.15, 0.2) is 5.78 Å². The number of morpholine rings is 1. The second kappa shape index (κ2) is 6.00. The zero-order valence-electron chi connectivity index (χ0n) is 12.5. The van der Waals surface area contributed by atoms with E-state index < -0.39 is 0 Å². The number of Topliss-reactive ketones (excluding diaryl/α,β-unsaturated/α-hetero) is 1. The number of benzene rings is 1. The van der Waals surface area contributed by atoms with Crippen LogP contribution in [0.3, 0.4) is 0 Å². The molecule has 1 aromatic carbocycles. The number of nitrogens with zero attached hydrogens (tertiary/aromatic N) is 1. The first-order chi connectivity index (χ1) is 10.2. The van der Waals surface area contributed by atoms with Gasteiger partial charge in [0.1, 0.15) is 11.8 Å². The molecule has 4 nitrogen and oxygen atoms in total. The van der Waals surface area contributed by atoms with E-state index in [9.17, 15) is 4.79 Å². The Balaban J connectivity index is 1.79. The molecule has 1 aliphatic rings. The summed E-state index contributed by atoms with van der Waals surface area (Å²) >= 11 is 0. The largest absolute Gasteiger partial charge is 0.464 e. The molecule has 1 aliphatic heterocycles. The third kappa shape index (κ3) is 2.87. The Labute approximate surface area is 124 Å². The topological polar surface area (TPSA) is 42.7 Å². The van der Waals surface area contributed by atoms with Crippen LogP contribution in [0.2, 0.25) is 0 Å². The van der Waals surface area contributed by atoms with Crippen LogP contribution in [0.4, 0.5) is 0 Å². The van der Waals surface area contributed by atoms with Crippen LogP contribution < -0.4 is 0 Å². The van der Waals surface area contributed by atoms with Gasteiger partial charge >= 0.3 is 0 Å². The van der Waals surface area contributed by atoms with Crippen molar-refractivity contribution in [3.63, 3.8) is 0 Å². The number of furan rings is 1. The van der Waals surface area contributed by atoms with Crippen molar-refractivity contribution in [2.75, 3.05) is 19.7 Å². The van der Waals surface area contributed by atoms with Crippen molar-refractivity contribution in [2.24, 2.45) is 0 Å². The number of fused-ring (bicyclic) bond motifs is 1. The van der Waals surface area contributed by atoms with E-state index in [1.807, 2.05) is 24.3 Å². The van der Waals surface area contributed by atoms with Crippen LogP contribution in [0.1, 0.15) is 30.6 Å². The summed E-state index contributed by atoms with van der Waals surface area (Å²) in [5, 5.41) is 0.900. The molecule has 1 saturated heterocycles. The predicted molar refractivity (Wildman–Crippen MR) is 81.6 cm³/mol. The van der Waals surface area contributed by atoms with Crippen LogP contribution in [0, 0.1) is 0 Å². The molecule has 4 heteroatoms. The summed E-state index contributed by atoms with van der Waals surface area (Å²) in [6.45, 7) is 6.12. The van der Waals surface area contributed by atoms with Gasteiger partial charge in [-0.2, -0.15) is 0 Å². The molecule has 112 valence electrons. The highest BCUT2D eigenvalue weighted by Crippen LogP contribution is 2.22. The maximum Gasteiger partial charge on any atom is 0.180 e.